The Morgan fingerprint density at radius 3 is 3.06 bits per heavy atom. The number of amidine groups is 1. The number of hydrogen-bond acceptors (Lipinski definition) is 3. The number of aliphatic imine (C=N–C) groups is 1. The minimum atomic E-state index is 0.219. The summed E-state index contributed by atoms with van der Waals surface area (Å²) >= 11 is 1.82. The van der Waals surface area contributed by atoms with Gasteiger partial charge in [-0.05, 0) is 37.5 Å². The van der Waals surface area contributed by atoms with Crippen LogP contribution in [-0.2, 0) is 6.54 Å². The molecule has 0 aromatic carbocycles. The summed E-state index contributed by atoms with van der Waals surface area (Å²) in [4.78, 5) is 8.73. The zero-order chi connectivity index (χ0) is 12.3. The molecule has 1 aromatic heterocycles. The summed E-state index contributed by atoms with van der Waals surface area (Å²) < 4.78 is 0. The van der Waals surface area contributed by atoms with Crippen LogP contribution in [-0.4, -0.2) is 21.4 Å². The second-order valence-corrected chi connectivity index (χ2v) is 5.72. The minimum absolute atomic E-state index is 0.219. The lowest BCUT2D eigenvalue weighted by Crippen LogP contribution is -2.39. The highest BCUT2D eigenvalue weighted by Gasteiger charge is 2.30. The average molecular weight is 249 g/mol. The monoisotopic (exact) mass is 249 g/mol. The molecule has 0 amide bonds. The quantitative estimate of drug-likeness (QED) is 0.895. The molecule has 1 unspecified atom stereocenters. The molecular formula is C13H19N3S. The van der Waals surface area contributed by atoms with E-state index in [0.717, 1.165) is 23.9 Å². The van der Waals surface area contributed by atoms with E-state index >= 15 is 0 Å². The summed E-state index contributed by atoms with van der Waals surface area (Å²) in [6, 6.07) is 2.04. The van der Waals surface area contributed by atoms with Crippen molar-refractivity contribution in [1.82, 2.24) is 10.3 Å². The largest absolute Gasteiger partial charge is 0.359 e. The van der Waals surface area contributed by atoms with Crippen molar-refractivity contribution >= 4 is 16.9 Å². The van der Waals surface area contributed by atoms with E-state index in [1.165, 1.54) is 11.1 Å². The topological polar surface area (TPSA) is 37.3 Å². The van der Waals surface area contributed by atoms with Gasteiger partial charge in [0.05, 0.1) is 6.54 Å². The molecule has 1 N–H and O–H groups in total. The van der Waals surface area contributed by atoms with Gasteiger partial charge in [0.25, 0.3) is 0 Å². The number of nitrogens with zero attached hydrogens (tertiary/aromatic N) is 2. The number of nitrogens with one attached hydrogen (secondary N) is 1. The molecule has 1 aliphatic heterocycles. The molecule has 1 atom stereocenters. The van der Waals surface area contributed by atoms with E-state index < -0.39 is 0 Å². The van der Waals surface area contributed by atoms with Crippen LogP contribution in [0.1, 0.15) is 31.4 Å². The maximum absolute atomic E-state index is 4.64. The normalized spacial score (nSPS) is 26.2. The Kier molecular flexibility index (Phi) is 3.72. The van der Waals surface area contributed by atoms with Crippen LogP contribution in [0.2, 0.25) is 0 Å². The Morgan fingerprint density at radius 2 is 2.41 bits per heavy atom. The predicted octanol–water partition coefficient (Wildman–Crippen LogP) is 2.75. The molecule has 4 heteroatoms. The zero-order valence-electron chi connectivity index (χ0n) is 10.7. The fraction of sp³-hybridized carbons (Fsp3) is 0.538. The van der Waals surface area contributed by atoms with Gasteiger partial charge in [0.1, 0.15) is 0 Å². The second kappa shape index (κ2) is 5.08. The highest BCUT2D eigenvalue weighted by atomic mass is 32.2. The summed E-state index contributed by atoms with van der Waals surface area (Å²) in [5.41, 5.74) is 2.68. The fourth-order valence-electron chi connectivity index (χ4n) is 1.67. The first kappa shape index (κ1) is 12.4. The van der Waals surface area contributed by atoms with Crippen molar-refractivity contribution in [2.75, 3.05) is 5.75 Å². The van der Waals surface area contributed by atoms with Crippen LogP contribution in [0.3, 0.4) is 0 Å². The van der Waals surface area contributed by atoms with Gasteiger partial charge in [-0.2, -0.15) is 0 Å². The maximum atomic E-state index is 4.64. The number of thioether (sulfide) groups is 1. The summed E-state index contributed by atoms with van der Waals surface area (Å²) in [7, 11) is 0. The molecule has 0 radical (unpaired) electrons. The Labute approximate surface area is 107 Å². The van der Waals surface area contributed by atoms with Crippen LogP contribution < -0.4 is 5.32 Å². The lowest BCUT2D eigenvalue weighted by molar-refractivity contribution is 0.466. The molecule has 3 nitrogen and oxygen atoms in total. The molecule has 1 saturated heterocycles. The van der Waals surface area contributed by atoms with Crippen molar-refractivity contribution in [3.05, 3.63) is 29.6 Å². The number of rotatable bonds is 3. The fourth-order valence-corrected chi connectivity index (χ4v) is 2.88. The molecular weight excluding hydrogens is 230 g/mol. The Hall–Kier alpha value is -1.03. The van der Waals surface area contributed by atoms with E-state index in [2.05, 4.69) is 36.1 Å². The summed E-state index contributed by atoms with van der Waals surface area (Å²) in [5, 5.41) is 4.58. The number of pyridine rings is 1. The van der Waals surface area contributed by atoms with E-state index in [4.69, 9.17) is 0 Å². The number of aryl methyl sites for hydroxylation is 1. The highest BCUT2D eigenvalue weighted by Crippen LogP contribution is 2.25. The van der Waals surface area contributed by atoms with Gasteiger partial charge in [-0.1, -0.05) is 18.7 Å². The van der Waals surface area contributed by atoms with Crippen LogP contribution in [0, 0.1) is 6.92 Å². The molecule has 1 aliphatic rings. The van der Waals surface area contributed by atoms with Gasteiger partial charge in [0.2, 0.25) is 0 Å². The first-order chi connectivity index (χ1) is 8.13. The van der Waals surface area contributed by atoms with Crippen molar-refractivity contribution in [3.8, 4) is 0 Å². The molecule has 92 valence electrons. The first-order valence-electron chi connectivity index (χ1n) is 5.98. The minimum Gasteiger partial charge on any atom is -0.359 e. The molecule has 0 bridgehead atoms. The predicted molar refractivity (Wildman–Crippen MR) is 74.4 cm³/mol. The highest BCUT2D eigenvalue weighted by molar-refractivity contribution is 8.14. The van der Waals surface area contributed by atoms with Crippen molar-refractivity contribution in [2.24, 2.45) is 4.99 Å². The van der Waals surface area contributed by atoms with Crippen molar-refractivity contribution in [2.45, 2.75) is 39.3 Å². The number of hydrogen-bond donors (Lipinski definition) is 1. The SMILES string of the molecule is CCC1(C)CSC(=NCc2ccncc2C)N1. The Morgan fingerprint density at radius 1 is 1.59 bits per heavy atom. The lowest BCUT2D eigenvalue weighted by Gasteiger charge is -2.20. The smallest absolute Gasteiger partial charge is 0.157 e. The summed E-state index contributed by atoms with van der Waals surface area (Å²) in [5.74, 6) is 1.11. The lowest BCUT2D eigenvalue weighted by atomic mass is 10.0. The molecule has 0 aliphatic carbocycles. The molecule has 0 spiro atoms. The van der Waals surface area contributed by atoms with Gasteiger partial charge >= 0.3 is 0 Å². The van der Waals surface area contributed by atoms with Gasteiger partial charge in [-0.25, -0.2) is 0 Å². The van der Waals surface area contributed by atoms with Crippen molar-refractivity contribution in [3.63, 3.8) is 0 Å². The van der Waals surface area contributed by atoms with E-state index in [-0.39, 0.29) is 5.54 Å². The van der Waals surface area contributed by atoms with E-state index in [1.54, 1.807) is 0 Å². The second-order valence-electron chi connectivity index (χ2n) is 4.75. The van der Waals surface area contributed by atoms with Crippen LogP contribution in [0.5, 0.6) is 0 Å². The van der Waals surface area contributed by atoms with Gasteiger partial charge in [-0.15, -0.1) is 0 Å². The van der Waals surface area contributed by atoms with Gasteiger partial charge in [0, 0.05) is 23.7 Å². The molecule has 2 heterocycles. The van der Waals surface area contributed by atoms with Crippen LogP contribution in [0.4, 0.5) is 0 Å². The first-order valence-corrected chi connectivity index (χ1v) is 6.96. The van der Waals surface area contributed by atoms with E-state index in [1.807, 2.05) is 30.2 Å². The van der Waals surface area contributed by atoms with Gasteiger partial charge in [-0.3, -0.25) is 9.98 Å². The molecule has 1 aromatic rings. The van der Waals surface area contributed by atoms with Crippen molar-refractivity contribution < 1.29 is 0 Å². The van der Waals surface area contributed by atoms with Crippen LogP contribution in [0.15, 0.2) is 23.5 Å². The van der Waals surface area contributed by atoms with Crippen molar-refractivity contribution in [1.29, 1.82) is 0 Å². The zero-order valence-corrected chi connectivity index (χ0v) is 11.5. The molecule has 2 rings (SSSR count). The number of aromatic nitrogens is 1. The van der Waals surface area contributed by atoms with Crippen LogP contribution >= 0.6 is 11.8 Å². The van der Waals surface area contributed by atoms with E-state index in [0.29, 0.717) is 0 Å². The molecule has 0 saturated carbocycles. The average Bonchev–Trinajstić information content (AvgIpc) is 2.71. The maximum Gasteiger partial charge on any atom is 0.157 e. The third-order valence-corrected chi connectivity index (χ3v) is 4.53. The van der Waals surface area contributed by atoms with E-state index in [9.17, 15) is 0 Å². The third-order valence-electron chi connectivity index (χ3n) is 3.25. The summed E-state index contributed by atoms with van der Waals surface area (Å²) in [6.07, 6.45) is 4.85. The Balaban J connectivity index is 2.01. The van der Waals surface area contributed by atoms with Gasteiger partial charge in [0.15, 0.2) is 5.17 Å². The Bertz CT molecular complexity index is 430. The molecule has 17 heavy (non-hydrogen) atoms. The third kappa shape index (κ3) is 3.00. The standard InChI is InChI=1S/C13H19N3S/c1-4-13(3)9-17-12(16-13)15-8-11-5-6-14-7-10(11)2/h5-7H,4,8-9H2,1-3H3,(H,15,16). The summed E-state index contributed by atoms with van der Waals surface area (Å²) in [6.45, 7) is 7.28. The van der Waals surface area contributed by atoms with Gasteiger partial charge < -0.3 is 5.32 Å². The van der Waals surface area contributed by atoms with Crippen LogP contribution in [0.25, 0.3) is 0 Å². The molecule has 1 fully saturated rings.